The molecule has 1 atom stereocenters. The molecule has 152 valence electrons. The van der Waals surface area contributed by atoms with Gasteiger partial charge in [-0.3, -0.25) is 0 Å². The summed E-state index contributed by atoms with van der Waals surface area (Å²) in [5.41, 5.74) is 0.953. The standard InChI is InChI=1S/2C7H8O2.C6H13P.ClH.Cr/c2*1-9-7-4-2-6(8)3-5-7;7-6-4-2-1-3-5-6;;/h2*2-5,8H,1H3;6H,1-5,7H2;1H;. The molecule has 1 unspecified atom stereocenters. The van der Waals surface area contributed by atoms with Crippen LogP contribution in [0.15, 0.2) is 48.5 Å². The first-order valence-corrected chi connectivity index (χ1v) is 9.13. The van der Waals surface area contributed by atoms with Gasteiger partial charge in [0, 0.05) is 17.4 Å². The summed E-state index contributed by atoms with van der Waals surface area (Å²) in [5, 5.41) is 17.6. The van der Waals surface area contributed by atoms with Crippen molar-refractivity contribution in [1.29, 1.82) is 0 Å². The molecule has 2 aromatic rings. The van der Waals surface area contributed by atoms with Crippen LogP contribution in [0.4, 0.5) is 0 Å². The quantitative estimate of drug-likeness (QED) is 0.598. The number of benzene rings is 2. The van der Waals surface area contributed by atoms with Crippen LogP contribution >= 0.6 is 21.6 Å². The van der Waals surface area contributed by atoms with Crippen LogP contribution in [0.3, 0.4) is 0 Å². The van der Waals surface area contributed by atoms with Crippen molar-refractivity contribution in [1.82, 2.24) is 0 Å². The van der Waals surface area contributed by atoms with Gasteiger partial charge in [0.1, 0.15) is 23.0 Å². The van der Waals surface area contributed by atoms with Crippen LogP contribution in [-0.4, -0.2) is 30.1 Å². The number of halogens is 1. The molecular weight excluding hydrogens is 423 g/mol. The van der Waals surface area contributed by atoms with E-state index >= 15 is 0 Å². The molecule has 0 spiro atoms. The molecule has 0 radical (unpaired) electrons. The zero-order valence-electron chi connectivity index (χ0n) is 15.8. The third-order valence-corrected chi connectivity index (χ3v) is 4.46. The van der Waals surface area contributed by atoms with E-state index in [1.54, 1.807) is 62.8 Å². The molecule has 0 aliphatic heterocycles. The van der Waals surface area contributed by atoms with Crippen molar-refractivity contribution in [3.63, 3.8) is 0 Å². The van der Waals surface area contributed by atoms with Crippen LogP contribution in [-0.2, 0) is 17.4 Å². The van der Waals surface area contributed by atoms with Crippen molar-refractivity contribution < 1.29 is 37.0 Å². The second-order valence-electron chi connectivity index (χ2n) is 5.79. The smallest absolute Gasteiger partial charge is 0.119 e. The number of phenolic OH excluding ortho intramolecular Hbond substituents is 2. The molecule has 7 heteroatoms. The number of methoxy groups -OCH3 is 2. The predicted octanol–water partition coefficient (Wildman–Crippen LogP) is 5.42. The molecular formula is C20H30ClCrO4P. The van der Waals surface area contributed by atoms with Gasteiger partial charge in [-0.15, -0.1) is 21.6 Å². The Morgan fingerprint density at radius 2 is 1.07 bits per heavy atom. The number of phenols is 2. The first-order chi connectivity index (χ1) is 12.0. The topological polar surface area (TPSA) is 58.9 Å². The van der Waals surface area contributed by atoms with Gasteiger partial charge in [0.25, 0.3) is 0 Å². The normalized spacial score (nSPS) is 12.6. The van der Waals surface area contributed by atoms with Gasteiger partial charge in [-0.05, 0) is 67.0 Å². The van der Waals surface area contributed by atoms with Gasteiger partial charge in [-0.1, -0.05) is 19.3 Å². The average molecular weight is 453 g/mol. The van der Waals surface area contributed by atoms with E-state index in [-0.39, 0.29) is 41.3 Å². The molecule has 27 heavy (non-hydrogen) atoms. The average Bonchev–Trinajstić information content (AvgIpc) is 2.65. The first kappa shape index (κ1) is 28.1. The second kappa shape index (κ2) is 17.0. The Balaban J connectivity index is 0. The minimum Gasteiger partial charge on any atom is -0.508 e. The van der Waals surface area contributed by atoms with Crippen molar-refractivity contribution in [3.05, 3.63) is 48.5 Å². The number of hydrogen-bond acceptors (Lipinski definition) is 4. The van der Waals surface area contributed by atoms with E-state index < -0.39 is 0 Å². The van der Waals surface area contributed by atoms with E-state index in [1.807, 2.05) is 0 Å². The Morgan fingerprint density at radius 1 is 0.741 bits per heavy atom. The number of rotatable bonds is 2. The third kappa shape index (κ3) is 13.7. The minimum absolute atomic E-state index is 0. The van der Waals surface area contributed by atoms with Gasteiger partial charge < -0.3 is 19.7 Å². The fourth-order valence-electron chi connectivity index (χ4n) is 2.30. The fourth-order valence-corrected chi connectivity index (χ4v) is 2.77. The summed E-state index contributed by atoms with van der Waals surface area (Å²) in [4.78, 5) is 0. The van der Waals surface area contributed by atoms with E-state index in [2.05, 4.69) is 9.24 Å². The molecule has 0 bridgehead atoms. The Bertz CT molecular complexity index is 530. The number of ether oxygens (including phenoxy) is 2. The zero-order valence-corrected chi connectivity index (χ0v) is 19.1. The van der Waals surface area contributed by atoms with Crippen LogP contribution in [0.25, 0.3) is 0 Å². The molecule has 1 fully saturated rings. The van der Waals surface area contributed by atoms with Gasteiger partial charge >= 0.3 is 0 Å². The molecule has 0 heterocycles. The molecule has 1 aliphatic rings. The monoisotopic (exact) mass is 452 g/mol. The van der Waals surface area contributed by atoms with Crippen LogP contribution in [0.1, 0.15) is 32.1 Å². The number of hydrogen-bond donors (Lipinski definition) is 2. The van der Waals surface area contributed by atoms with Gasteiger partial charge in [-0.25, -0.2) is 0 Å². The zero-order chi connectivity index (χ0) is 18.5. The molecule has 2 N–H and O–H groups in total. The first-order valence-electron chi connectivity index (χ1n) is 8.46. The van der Waals surface area contributed by atoms with Gasteiger partial charge in [0.05, 0.1) is 14.2 Å². The van der Waals surface area contributed by atoms with Crippen LogP contribution in [0.2, 0.25) is 0 Å². The van der Waals surface area contributed by atoms with E-state index in [4.69, 9.17) is 19.7 Å². The Kier molecular flexibility index (Phi) is 17.7. The summed E-state index contributed by atoms with van der Waals surface area (Å²) in [6.45, 7) is 0. The molecule has 1 saturated carbocycles. The predicted molar refractivity (Wildman–Crippen MR) is 113 cm³/mol. The largest absolute Gasteiger partial charge is 0.508 e. The fraction of sp³-hybridized carbons (Fsp3) is 0.400. The maximum Gasteiger partial charge on any atom is 0.119 e. The van der Waals surface area contributed by atoms with E-state index in [1.165, 1.54) is 32.1 Å². The summed E-state index contributed by atoms with van der Waals surface area (Å²) in [6, 6.07) is 13.1. The third-order valence-electron chi connectivity index (χ3n) is 3.79. The van der Waals surface area contributed by atoms with Crippen molar-refractivity contribution in [2.75, 3.05) is 14.2 Å². The van der Waals surface area contributed by atoms with Crippen LogP contribution < -0.4 is 9.47 Å². The molecule has 0 saturated heterocycles. The van der Waals surface area contributed by atoms with E-state index in [0.717, 1.165) is 17.2 Å². The van der Waals surface area contributed by atoms with Gasteiger partial charge in [0.15, 0.2) is 0 Å². The van der Waals surface area contributed by atoms with Gasteiger partial charge in [0.2, 0.25) is 0 Å². The Labute approximate surface area is 182 Å². The van der Waals surface area contributed by atoms with Gasteiger partial charge in [-0.2, -0.15) is 0 Å². The maximum absolute atomic E-state index is 8.80. The Hall–Kier alpha value is -1.11. The van der Waals surface area contributed by atoms with E-state index in [9.17, 15) is 0 Å². The molecule has 4 nitrogen and oxygen atoms in total. The minimum atomic E-state index is 0. The summed E-state index contributed by atoms with van der Waals surface area (Å²) in [5.74, 6) is 2.03. The van der Waals surface area contributed by atoms with Crippen molar-refractivity contribution >= 4 is 21.6 Å². The molecule has 0 amide bonds. The second-order valence-corrected chi connectivity index (χ2v) is 6.74. The van der Waals surface area contributed by atoms with Crippen molar-refractivity contribution in [2.24, 2.45) is 0 Å². The van der Waals surface area contributed by atoms with E-state index in [0.29, 0.717) is 0 Å². The van der Waals surface area contributed by atoms with Crippen LogP contribution in [0, 0.1) is 0 Å². The summed E-state index contributed by atoms with van der Waals surface area (Å²) in [6.07, 6.45) is 7.31. The number of aromatic hydroxyl groups is 2. The van der Waals surface area contributed by atoms with Crippen LogP contribution in [0.5, 0.6) is 23.0 Å². The molecule has 1 aliphatic carbocycles. The SMILES string of the molecule is COc1ccc(O)cc1.COc1ccc(O)cc1.Cl.PC1CCCCC1.[Cr]. The van der Waals surface area contributed by atoms with Crippen molar-refractivity contribution in [3.8, 4) is 23.0 Å². The Morgan fingerprint density at radius 3 is 1.30 bits per heavy atom. The molecule has 0 aromatic heterocycles. The maximum atomic E-state index is 8.80. The molecule has 2 aromatic carbocycles. The summed E-state index contributed by atoms with van der Waals surface area (Å²) >= 11 is 0. The molecule has 3 rings (SSSR count). The summed E-state index contributed by atoms with van der Waals surface area (Å²) in [7, 11) is 6.09. The van der Waals surface area contributed by atoms with Crippen molar-refractivity contribution in [2.45, 2.75) is 37.8 Å². The summed E-state index contributed by atoms with van der Waals surface area (Å²) < 4.78 is 9.72.